The number of carbonyl (C=O) groups excluding carboxylic acids is 2. The van der Waals surface area contributed by atoms with Gasteiger partial charge in [-0.05, 0) is 36.4 Å². The summed E-state index contributed by atoms with van der Waals surface area (Å²) in [5, 5.41) is 2.18. The first-order valence-electron chi connectivity index (χ1n) is 9.77. The molecule has 0 saturated heterocycles. The number of primary amides is 1. The van der Waals surface area contributed by atoms with Gasteiger partial charge in [0.25, 0.3) is 11.8 Å². The Morgan fingerprint density at radius 1 is 0.919 bits per heavy atom. The minimum atomic E-state index is -5.01. The number of nitrogens with zero attached hydrogens (tertiary/aromatic N) is 1. The SMILES string of the molecule is COc1cc(OC(F)(F)F)ccc1Oc1cnc(C(F)(F)F)cc1C(=O)Nc1ccc(F)c(C(N)=O)c1. The maximum atomic E-state index is 13.7. The third kappa shape index (κ3) is 6.77. The third-order valence-electron chi connectivity index (χ3n) is 4.48. The van der Waals surface area contributed by atoms with Crippen LogP contribution in [0.15, 0.2) is 48.7 Å². The molecule has 3 aromatic rings. The average molecular weight is 533 g/mol. The first-order valence-corrected chi connectivity index (χ1v) is 9.77. The summed E-state index contributed by atoms with van der Waals surface area (Å²) >= 11 is 0. The molecule has 196 valence electrons. The van der Waals surface area contributed by atoms with Crippen LogP contribution in [0.4, 0.5) is 36.4 Å². The molecule has 0 aliphatic heterocycles. The molecule has 0 saturated carbocycles. The van der Waals surface area contributed by atoms with Gasteiger partial charge in [-0.1, -0.05) is 0 Å². The molecular formula is C22H14F7N3O5. The van der Waals surface area contributed by atoms with Crippen molar-refractivity contribution in [2.24, 2.45) is 5.73 Å². The van der Waals surface area contributed by atoms with Gasteiger partial charge in [0.15, 0.2) is 17.2 Å². The van der Waals surface area contributed by atoms with Gasteiger partial charge in [0.1, 0.15) is 17.3 Å². The number of pyridine rings is 1. The van der Waals surface area contributed by atoms with Crippen molar-refractivity contribution < 1.29 is 54.5 Å². The van der Waals surface area contributed by atoms with Crippen LogP contribution < -0.4 is 25.3 Å². The second kappa shape index (κ2) is 10.2. The van der Waals surface area contributed by atoms with Crippen LogP contribution in [-0.2, 0) is 6.18 Å². The lowest BCUT2D eigenvalue weighted by Crippen LogP contribution is -2.18. The smallest absolute Gasteiger partial charge is 0.493 e. The highest BCUT2D eigenvalue weighted by atomic mass is 19.4. The van der Waals surface area contributed by atoms with Crippen LogP contribution >= 0.6 is 0 Å². The lowest BCUT2D eigenvalue weighted by Gasteiger charge is -2.16. The van der Waals surface area contributed by atoms with Gasteiger partial charge in [-0.25, -0.2) is 9.37 Å². The zero-order chi connectivity index (χ0) is 27.5. The zero-order valence-corrected chi connectivity index (χ0v) is 18.3. The van der Waals surface area contributed by atoms with Crippen molar-refractivity contribution in [3.63, 3.8) is 0 Å². The molecule has 2 aromatic carbocycles. The molecule has 0 aliphatic carbocycles. The second-order valence-corrected chi connectivity index (χ2v) is 7.04. The number of amides is 2. The molecule has 0 radical (unpaired) electrons. The van der Waals surface area contributed by atoms with E-state index < -0.39 is 58.5 Å². The van der Waals surface area contributed by atoms with Crippen LogP contribution in [-0.4, -0.2) is 30.3 Å². The van der Waals surface area contributed by atoms with Crippen molar-refractivity contribution in [2.75, 3.05) is 12.4 Å². The highest BCUT2D eigenvalue weighted by molar-refractivity contribution is 6.07. The van der Waals surface area contributed by atoms with Gasteiger partial charge in [-0.15, -0.1) is 13.2 Å². The van der Waals surface area contributed by atoms with E-state index in [1.165, 1.54) is 0 Å². The Balaban J connectivity index is 2.00. The molecule has 8 nitrogen and oxygen atoms in total. The molecule has 3 N–H and O–H groups in total. The molecule has 0 atom stereocenters. The Morgan fingerprint density at radius 3 is 2.22 bits per heavy atom. The zero-order valence-electron chi connectivity index (χ0n) is 18.3. The number of nitrogens with one attached hydrogen (secondary N) is 1. The normalized spacial score (nSPS) is 11.6. The van der Waals surface area contributed by atoms with Crippen LogP contribution in [0.3, 0.4) is 0 Å². The topological polar surface area (TPSA) is 113 Å². The van der Waals surface area contributed by atoms with Crippen molar-refractivity contribution in [1.29, 1.82) is 0 Å². The highest BCUT2D eigenvalue weighted by Gasteiger charge is 2.35. The van der Waals surface area contributed by atoms with Gasteiger partial charge in [-0.2, -0.15) is 13.2 Å². The monoisotopic (exact) mass is 533 g/mol. The number of hydrogen-bond acceptors (Lipinski definition) is 6. The van der Waals surface area contributed by atoms with Crippen molar-refractivity contribution in [3.05, 3.63) is 71.3 Å². The van der Waals surface area contributed by atoms with Crippen LogP contribution in [0, 0.1) is 5.82 Å². The van der Waals surface area contributed by atoms with E-state index in [1.807, 2.05) is 0 Å². The maximum Gasteiger partial charge on any atom is 0.573 e. The number of halogens is 7. The molecule has 3 rings (SSSR count). The van der Waals surface area contributed by atoms with Gasteiger partial charge in [0.05, 0.1) is 24.4 Å². The number of anilines is 1. The van der Waals surface area contributed by atoms with E-state index in [0.29, 0.717) is 12.3 Å². The van der Waals surface area contributed by atoms with Crippen molar-refractivity contribution in [1.82, 2.24) is 4.98 Å². The van der Waals surface area contributed by atoms with Gasteiger partial charge in [-0.3, -0.25) is 9.59 Å². The van der Waals surface area contributed by atoms with Crippen LogP contribution in [0.1, 0.15) is 26.4 Å². The number of rotatable bonds is 7. The Kier molecular flexibility index (Phi) is 7.45. The van der Waals surface area contributed by atoms with Gasteiger partial charge in [0.2, 0.25) is 0 Å². The minimum absolute atomic E-state index is 0.192. The Hall–Kier alpha value is -4.56. The van der Waals surface area contributed by atoms with Crippen LogP contribution in [0.25, 0.3) is 0 Å². The molecule has 0 fully saturated rings. The van der Waals surface area contributed by atoms with E-state index in [0.717, 1.165) is 43.5 Å². The first kappa shape index (κ1) is 27.0. The minimum Gasteiger partial charge on any atom is -0.493 e. The van der Waals surface area contributed by atoms with E-state index in [2.05, 4.69) is 15.0 Å². The summed E-state index contributed by atoms with van der Waals surface area (Å²) in [6.07, 6.45) is -9.40. The predicted molar refractivity (Wildman–Crippen MR) is 112 cm³/mol. The number of alkyl halides is 6. The molecule has 0 bridgehead atoms. The summed E-state index contributed by atoms with van der Waals surface area (Å²) in [5.41, 5.74) is 2.08. The number of nitrogens with two attached hydrogens (primary N) is 1. The summed E-state index contributed by atoms with van der Waals surface area (Å²) in [7, 11) is 1.07. The summed E-state index contributed by atoms with van der Waals surface area (Å²) in [5.74, 6) is -5.20. The molecular weight excluding hydrogens is 519 g/mol. The lowest BCUT2D eigenvalue weighted by atomic mass is 10.1. The summed E-state index contributed by atoms with van der Waals surface area (Å²) in [6.45, 7) is 0. The van der Waals surface area contributed by atoms with E-state index in [1.54, 1.807) is 0 Å². The molecule has 0 aliphatic rings. The maximum absolute atomic E-state index is 13.7. The summed E-state index contributed by atoms with van der Waals surface area (Å²) < 4.78 is 105. The first-order chi connectivity index (χ1) is 17.2. The Labute approximate surface area is 202 Å². The largest absolute Gasteiger partial charge is 0.573 e. The molecule has 37 heavy (non-hydrogen) atoms. The number of ether oxygens (including phenoxy) is 3. The van der Waals surface area contributed by atoms with Crippen molar-refractivity contribution in [3.8, 4) is 23.0 Å². The van der Waals surface area contributed by atoms with E-state index >= 15 is 0 Å². The predicted octanol–water partition coefficient (Wildman–Crippen LogP) is 5.29. The van der Waals surface area contributed by atoms with E-state index in [4.69, 9.17) is 15.2 Å². The number of hydrogen-bond donors (Lipinski definition) is 2. The van der Waals surface area contributed by atoms with Crippen LogP contribution in [0.5, 0.6) is 23.0 Å². The lowest BCUT2D eigenvalue weighted by molar-refractivity contribution is -0.274. The quantitative estimate of drug-likeness (QED) is 0.399. The number of methoxy groups -OCH3 is 1. The number of aromatic nitrogens is 1. The summed E-state index contributed by atoms with van der Waals surface area (Å²) in [4.78, 5) is 27.4. The van der Waals surface area contributed by atoms with Gasteiger partial charge in [0, 0.05) is 11.8 Å². The number of carbonyl (C=O) groups is 2. The van der Waals surface area contributed by atoms with Gasteiger partial charge < -0.3 is 25.3 Å². The van der Waals surface area contributed by atoms with Crippen molar-refractivity contribution in [2.45, 2.75) is 12.5 Å². The molecule has 2 amide bonds. The summed E-state index contributed by atoms with van der Waals surface area (Å²) in [6, 6.07) is 5.64. The third-order valence-corrected chi connectivity index (χ3v) is 4.48. The molecule has 0 unspecified atom stereocenters. The molecule has 0 spiro atoms. The van der Waals surface area contributed by atoms with Crippen molar-refractivity contribution >= 4 is 17.5 Å². The highest BCUT2D eigenvalue weighted by Crippen LogP contribution is 2.38. The average Bonchev–Trinajstić information content (AvgIpc) is 2.79. The second-order valence-electron chi connectivity index (χ2n) is 7.04. The van der Waals surface area contributed by atoms with Crippen LogP contribution in [0.2, 0.25) is 0 Å². The fraction of sp³-hybridized carbons (Fsp3) is 0.136. The standard InChI is InChI=1S/C22H14F7N3O5/c1-35-16-7-11(37-22(27,28)29)3-5-15(16)36-17-9-31-18(21(24,25)26)8-13(17)20(34)32-10-2-4-14(23)12(6-10)19(30)33/h2-9H,1H3,(H2,30,33)(H,32,34). The van der Waals surface area contributed by atoms with E-state index in [9.17, 15) is 40.3 Å². The number of benzene rings is 2. The fourth-order valence-electron chi connectivity index (χ4n) is 2.89. The fourth-order valence-corrected chi connectivity index (χ4v) is 2.89. The van der Waals surface area contributed by atoms with Gasteiger partial charge >= 0.3 is 12.5 Å². The molecule has 1 aromatic heterocycles. The molecule has 1 heterocycles. The van der Waals surface area contributed by atoms with E-state index in [-0.39, 0.29) is 17.2 Å². The Bertz CT molecular complexity index is 1340. The Morgan fingerprint density at radius 2 is 1.62 bits per heavy atom. The molecule has 15 heteroatoms.